The van der Waals surface area contributed by atoms with E-state index in [1.807, 2.05) is 0 Å². The Labute approximate surface area is 152 Å². The van der Waals surface area contributed by atoms with E-state index in [9.17, 15) is 17.6 Å². The molecule has 0 radical (unpaired) electrons. The standard InChI is InChI=1S/C19H21FN2O3S/c20-18-10-2-1-6-15(18)7-3-11-19(23)21-16-8-4-9-17(14-16)22-12-5-13-26(22,24)25/h1-2,4,6,8-10,14H,3,5,7,11-13H2,(H,21,23). The van der Waals surface area contributed by atoms with Crippen LogP contribution in [0.5, 0.6) is 0 Å². The van der Waals surface area contributed by atoms with Gasteiger partial charge in [-0.1, -0.05) is 24.3 Å². The number of amides is 1. The van der Waals surface area contributed by atoms with Crippen LogP contribution in [0.1, 0.15) is 24.8 Å². The van der Waals surface area contributed by atoms with Crippen molar-refractivity contribution in [1.82, 2.24) is 0 Å². The second-order valence-electron chi connectivity index (χ2n) is 6.29. The van der Waals surface area contributed by atoms with Crippen LogP contribution >= 0.6 is 0 Å². The molecule has 7 heteroatoms. The molecule has 1 saturated heterocycles. The highest BCUT2D eigenvalue weighted by atomic mass is 32.2. The largest absolute Gasteiger partial charge is 0.326 e. The molecule has 1 aliphatic heterocycles. The molecule has 26 heavy (non-hydrogen) atoms. The van der Waals surface area contributed by atoms with Crippen molar-refractivity contribution in [3.8, 4) is 0 Å². The number of nitrogens with zero attached hydrogens (tertiary/aromatic N) is 1. The molecule has 138 valence electrons. The lowest BCUT2D eigenvalue weighted by atomic mass is 10.1. The van der Waals surface area contributed by atoms with Gasteiger partial charge in [-0.3, -0.25) is 9.10 Å². The lowest BCUT2D eigenvalue weighted by Gasteiger charge is -2.17. The lowest BCUT2D eigenvalue weighted by molar-refractivity contribution is -0.116. The van der Waals surface area contributed by atoms with Crippen molar-refractivity contribution in [2.24, 2.45) is 0 Å². The summed E-state index contributed by atoms with van der Waals surface area (Å²) in [5.41, 5.74) is 1.72. The molecule has 0 atom stereocenters. The molecule has 2 aromatic carbocycles. The summed E-state index contributed by atoms with van der Waals surface area (Å²) < 4.78 is 39.0. The highest BCUT2D eigenvalue weighted by Crippen LogP contribution is 2.26. The average molecular weight is 376 g/mol. The van der Waals surface area contributed by atoms with Crippen molar-refractivity contribution in [1.29, 1.82) is 0 Å². The summed E-state index contributed by atoms with van der Waals surface area (Å²) >= 11 is 0. The molecule has 1 heterocycles. The molecule has 5 nitrogen and oxygen atoms in total. The van der Waals surface area contributed by atoms with Gasteiger partial charge in [0.1, 0.15) is 5.82 Å². The monoisotopic (exact) mass is 376 g/mol. The van der Waals surface area contributed by atoms with Crippen LogP contribution in [-0.2, 0) is 21.2 Å². The zero-order valence-electron chi connectivity index (χ0n) is 14.3. The van der Waals surface area contributed by atoms with E-state index in [0.29, 0.717) is 42.7 Å². The van der Waals surface area contributed by atoms with E-state index >= 15 is 0 Å². The van der Waals surface area contributed by atoms with E-state index < -0.39 is 10.0 Å². The zero-order chi connectivity index (χ0) is 18.6. The predicted molar refractivity (Wildman–Crippen MR) is 100 cm³/mol. The number of aryl methyl sites for hydroxylation is 1. The van der Waals surface area contributed by atoms with Crippen molar-refractivity contribution in [2.75, 3.05) is 21.9 Å². The SMILES string of the molecule is O=C(CCCc1ccccc1F)Nc1cccc(N2CCCS2(=O)=O)c1. The van der Waals surface area contributed by atoms with Gasteiger partial charge in [-0.2, -0.15) is 0 Å². The molecule has 1 N–H and O–H groups in total. The number of sulfonamides is 1. The van der Waals surface area contributed by atoms with Gasteiger partial charge in [0.25, 0.3) is 0 Å². The fourth-order valence-corrected chi connectivity index (χ4v) is 4.59. The normalized spacial score (nSPS) is 15.8. The Balaban J connectivity index is 1.56. The highest BCUT2D eigenvalue weighted by molar-refractivity contribution is 7.93. The fraction of sp³-hybridized carbons (Fsp3) is 0.316. The van der Waals surface area contributed by atoms with Crippen molar-refractivity contribution in [2.45, 2.75) is 25.7 Å². The Morgan fingerprint density at radius 3 is 2.69 bits per heavy atom. The number of carbonyl (C=O) groups excluding carboxylic acids is 1. The Morgan fingerprint density at radius 1 is 1.15 bits per heavy atom. The summed E-state index contributed by atoms with van der Waals surface area (Å²) in [5.74, 6) is -0.283. The summed E-state index contributed by atoms with van der Waals surface area (Å²) in [4.78, 5) is 12.1. The molecule has 0 spiro atoms. The van der Waals surface area contributed by atoms with Gasteiger partial charge in [0.05, 0.1) is 11.4 Å². The molecular weight excluding hydrogens is 355 g/mol. The quantitative estimate of drug-likeness (QED) is 0.841. The number of rotatable bonds is 6. The van der Waals surface area contributed by atoms with Gasteiger partial charge in [0, 0.05) is 18.7 Å². The summed E-state index contributed by atoms with van der Waals surface area (Å²) in [6.07, 6.45) is 1.90. The molecular formula is C19H21FN2O3S. The van der Waals surface area contributed by atoms with Crippen LogP contribution in [0, 0.1) is 5.82 Å². The van der Waals surface area contributed by atoms with Gasteiger partial charge in [-0.25, -0.2) is 12.8 Å². The number of anilines is 2. The first kappa shape index (κ1) is 18.4. The van der Waals surface area contributed by atoms with Crippen LogP contribution in [-0.4, -0.2) is 26.6 Å². The third-order valence-electron chi connectivity index (χ3n) is 4.32. The Kier molecular flexibility index (Phi) is 5.56. The molecule has 0 saturated carbocycles. The second kappa shape index (κ2) is 7.86. The first-order valence-electron chi connectivity index (χ1n) is 8.59. The molecule has 0 aliphatic carbocycles. The minimum Gasteiger partial charge on any atom is -0.326 e. The zero-order valence-corrected chi connectivity index (χ0v) is 15.1. The molecule has 1 amide bonds. The fourth-order valence-electron chi connectivity index (χ4n) is 3.03. The predicted octanol–water partition coefficient (Wildman–Crippen LogP) is 3.33. The third-order valence-corrected chi connectivity index (χ3v) is 6.19. The van der Waals surface area contributed by atoms with E-state index in [0.717, 1.165) is 0 Å². The van der Waals surface area contributed by atoms with Crippen LogP contribution in [0.3, 0.4) is 0 Å². The minimum atomic E-state index is -3.25. The maximum atomic E-state index is 13.6. The smallest absolute Gasteiger partial charge is 0.235 e. The topological polar surface area (TPSA) is 66.5 Å². The molecule has 1 aliphatic rings. The molecule has 0 aromatic heterocycles. The summed E-state index contributed by atoms with van der Waals surface area (Å²) in [5, 5.41) is 2.78. The van der Waals surface area contributed by atoms with E-state index in [4.69, 9.17) is 0 Å². The molecule has 0 unspecified atom stereocenters. The van der Waals surface area contributed by atoms with E-state index in [-0.39, 0.29) is 23.9 Å². The number of benzene rings is 2. The van der Waals surface area contributed by atoms with Crippen LogP contribution in [0.2, 0.25) is 0 Å². The molecule has 2 aromatic rings. The van der Waals surface area contributed by atoms with Crippen molar-refractivity contribution >= 4 is 27.3 Å². The van der Waals surface area contributed by atoms with E-state index in [1.54, 1.807) is 42.5 Å². The van der Waals surface area contributed by atoms with Crippen LogP contribution in [0.4, 0.5) is 15.8 Å². The summed E-state index contributed by atoms with van der Waals surface area (Å²) in [7, 11) is -3.25. The van der Waals surface area contributed by atoms with Gasteiger partial charge in [0.2, 0.25) is 15.9 Å². The van der Waals surface area contributed by atoms with Crippen molar-refractivity contribution < 1.29 is 17.6 Å². The van der Waals surface area contributed by atoms with Gasteiger partial charge < -0.3 is 5.32 Å². The minimum absolute atomic E-state index is 0.152. The summed E-state index contributed by atoms with van der Waals surface area (Å²) in [6, 6.07) is 13.4. The molecule has 0 bridgehead atoms. The van der Waals surface area contributed by atoms with Gasteiger partial charge >= 0.3 is 0 Å². The average Bonchev–Trinajstić information content (AvgIpc) is 2.96. The first-order chi connectivity index (χ1) is 12.5. The van der Waals surface area contributed by atoms with Crippen LogP contribution in [0.25, 0.3) is 0 Å². The molecule has 3 rings (SSSR count). The van der Waals surface area contributed by atoms with Gasteiger partial charge in [0.15, 0.2) is 0 Å². The highest BCUT2D eigenvalue weighted by Gasteiger charge is 2.28. The maximum absolute atomic E-state index is 13.6. The summed E-state index contributed by atoms with van der Waals surface area (Å²) in [6.45, 7) is 0.461. The Hall–Kier alpha value is -2.41. The molecule has 1 fully saturated rings. The van der Waals surface area contributed by atoms with Crippen molar-refractivity contribution in [3.05, 3.63) is 59.9 Å². The number of nitrogens with one attached hydrogen (secondary N) is 1. The number of hydrogen-bond acceptors (Lipinski definition) is 3. The number of carbonyl (C=O) groups is 1. The van der Waals surface area contributed by atoms with Crippen LogP contribution in [0.15, 0.2) is 48.5 Å². The number of halogens is 1. The number of hydrogen-bond donors (Lipinski definition) is 1. The van der Waals surface area contributed by atoms with Gasteiger partial charge in [-0.05, 0) is 49.1 Å². The first-order valence-corrected chi connectivity index (χ1v) is 10.2. The van der Waals surface area contributed by atoms with Crippen LogP contribution < -0.4 is 9.62 Å². The van der Waals surface area contributed by atoms with Gasteiger partial charge in [-0.15, -0.1) is 0 Å². The van der Waals surface area contributed by atoms with E-state index in [1.165, 1.54) is 10.4 Å². The second-order valence-corrected chi connectivity index (χ2v) is 8.30. The van der Waals surface area contributed by atoms with Crippen molar-refractivity contribution in [3.63, 3.8) is 0 Å². The van der Waals surface area contributed by atoms with E-state index in [2.05, 4.69) is 5.32 Å². The lowest BCUT2D eigenvalue weighted by Crippen LogP contribution is -2.25. The third kappa shape index (κ3) is 4.40. The maximum Gasteiger partial charge on any atom is 0.235 e. The Morgan fingerprint density at radius 2 is 1.96 bits per heavy atom. The Bertz CT molecular complexity index is 899.